The van der Waals surface area contributed by atoms with Gasteiger partial charge in [-0.15, -0.1) is 0 Å². The van der Waals surface area contributed by atoms with Gasteiger partial charge in [0.15, 0.2) is 0 Å². The van der Waals surface area contributed by atoms with Gasteiger partial charge in [-0.25, -0.2) is 0 Å². The minimum atomic E-state index is 0.793. The van der Waals surface area contributed by atoms with Crippen LogP contribution in [0.1, 0.15) is 34.1 Å². The lowest BCUT2D eigenvalue weighted by molar-refractivity contribution is 0.266. The molecule has 0 spiro atoms. The van der Waals surface area contributed by atoms with Gasteiger partial charge in [0.25, 0.3) is 0 Å². The van der Waals surface area contributed by atoms with Crippen molar-refractivity contribution in [2.45, 2.75) is 34.1 Å². The molecular weight excluding hydrogens is 160 g/mol. The molecule has 1 rings (SSSR count). The van der Waals surface area contributed by atoms with Crippen LogP contribution < -0.4 is 0 Å². The maximum Gasteiger partial charge on any atom is 0.122 e. The lowest BCUT2D eigenvalue weighted by atomic mass is 10.2. The van der Waals surface area contributed by atoms with Crippen LogP contribution in [0.3, 0.4) is 0 Å². The van der Waals surface area contributed by atoms with Gasteiger partial charge in [0.05, 0.1) is 6.61 Å². The molecule has 1 fully saturated rings. The van der Waals surface area contributed by atoms with Crippen molar-refractivity contribution < 1.29 is 4.74 Å². The predicted octanol–water partition coefficient (Wildman–Crippen LogP) is 3.84. The highest BCUT2D eigenvalue weighted by atomic mass is 16.5. The number of allylic oxidation sites excluding steroid dienone is 4. The first-order chi connectivity index (χ1) is 6.20. The van der Waals surface area contributed by atoms with E-state index in [9.17, 15) is 0 Å². The SMILES string of the molecule is C=C1CCO/C1=C/C=C(C)C.CC. The summed E-state index contributed by atoms with van der Waals surface area (Å²) in [5, 5.41) is 0. The molecule has 1 aliphatic rings. The van der Waals surface area contributed by atoms with Gasteiger partial charge in [0.2, 0.25) is 0 Å². The molecule has 1 heteroatoms. The first kappa shape index (κ1) is 12.0. The standard InChI is InChI=1S/C10H14O.C2H6/c1-8(2)4-5-10-9(3)6-7-11-10;1-2/h4-5H,3,6-7H2,1-2H3;1-2H3/b10-5+;. The first-order valence-corrected chi connectivity index (χ1v) is 4.86. The second kappa shape index (κ2) is 6.53. The minimum absolute atomic E-state index is 0.793. The Morgan fingerprint density at radius 1 is 1.38 bits per heavy atom. The average molecular weight is 180 g/mol. The van der Waals surface area contributed by atoms with Crippen LogP contribution in [0.2, 0.25) is 0 Å². The monoisotopic (exact) mass is 180 g/mol. The van der Waals surface area contributed by atoms with Gasteiger partial charge in [-0.05, 0) is 25.5 Å². The Hall–Kier alpha value is -0.980. The molecule has 0 atom stereocenters. The summed E-state index contributed by atoms with van der Waals surface area (Å²) in [7, 11) is 0. The quantitative estimate of drug-likeness (QED) is 0.595. The zero-order valence-electron chi connectivity index (χ0n) is 9.18. The van der Waals surface area contributed by atoms with Gasteiger partial charge in [0.1, 0.15) is 5.76 Å². The molecule has 1 saturated heterocycles. The van der Waals surface area contributed by atoms with Crippen molar-refractivity contribution in [1.29, 1.82) is 0 Å². The van der Waals surface area contributed by atoms with Crippen molar-refractivity contribution in [1.82, 2.24) is 0 Å². The van der Waals surface area contributed by atoms with E-state index in [1.165, 1.54) is 5.57 Å². The number of hydrogen-bond acceptors (Lipinski definition) is 1. The highest BCUT2D eigenvalue weighted by Gasteiger charge is 2.10. The molecule has 0 saturated carbocycles. The molecule has 13 heavy (non-hydrogen) atoms. The highest BCUT2D eigenvalue weighted by molar-refractivity contribution is 5.30. The average Bonchev–Trinajstić information content (AvgIpc) is 2.51. The summed E-state index contributed by atoms with van der Waals surface area (Å²) >= 11 is 0. The molecule has 1 nitrogen and oxygen atoms in total. The van der Waals surface area contributed by atoms with Crippen molar-refractivity contribution >= 4 is 0 Å². The number of hydrogen-bond donors (Lipinski definition) is 0. The van der Waals surface area contributed by atoms with Gasteiger partial charge in [-0.1, -0.05) is 32.1 Å². The molecule has 0 aromatic carbocycles. The topological polar surface area (TPSA) is 9.23 Å². The summed E-state index contributed by atoms with van der Waals surface area (Å²) in [5.41, 5.74) is 2.39. The molecule has 0 bridgehead atoms. The van der Waals surface area contributed by atoms with Gasteiger partial charge in [0, 0.05) is 6.42 Å². The van der Waals surface area contributed by atoms with E-state index in [0.717, 1.165) is 24.4 Å². The van der Waals surface area contributed by atoms with E-state index in [4.69, 9.17) is 4.74 Å². The summed E-state index contributed by atoms with van der Waals surface area (Å²) in [4.78, 5) is 0. The van der Waals surface area contributed by atoms with Gasteiger partial charge in [-0.2, -0.15) is 0 Å². The number of rotatable bonds is 1. The van der Waals surface area contributed by atoms with E-state index in [1.54, 1.807) is 0 Å². The number of ether oxygens (including phenoxy) is 1. The van der Waals surface area contributed by atoms with Crippen LogP contribution in [0.15, 0.2) is 35.6 Å². The third-order valence-corrected chi connectivity index (χ3v) is 1.58. The summed E-state index contributed by atoms with van der Waals surface area (Å²) in [6.45, 7) is 12.8. The predicted molar refractivity (Wildman–Crippen MR) is 58.6 cm³/mol. The van der Waals surface area contributed by atoms with Crippen LogP contribution in [0.4, 0.5) is 0 Å². The van der Waals surface area contributed by atoms with Gasteiger partial charge >= 0.3 is 0 Å². The third-order valence-electron chi connectivity index (χ3n) is 1.58. The zero-order valence-corrected chi connectivity index (χ0v) is 9.18. The van der Waals surface area contributed by atoms with Crippen molar-refractivity contribution in [2.24, 2.45) is 0 Å². The molecule has 0 N–H and O–H groups in total. The lowest BCUT2D eigenvalue weighted by Crippen LogP contribution is -1.78. The normalized spacial score (nSPS) is 17.5. The molecule has 1 heterocycles. The lowest BCUT2D eigenvalue weighted by Gasteiger charge is -1.95. The molecule has 0 aliphatic carbocycles. The Bertz CT molecular complexity index is 217. The van der Waals surface area contributed by atoms with Crippen molar-refractivity contribution in [3.63, 3.8) is 0 Å². The molecule has 74 valence electrons. The fraction of sp³-hybridized carbons (Fsp3) is 0.500. The van der Waals surface area contributed by atoms with Crippen molar-refractivity contribution in [2.75, 3.05) is 6.61 Å². The summed E-state index contributed by atoms with van der Waals surface area (Å²) in [6.07, 6.45) is 5.01. The Balaban J connectivity index is 0.000000671. The maximum atomic E-state index is 5.33. The van der Waals surface area contributed by atoms with Crippen molar-refractivity contribution in [3.05, 3.63) is 35.6 Å². The minimum Gasteiger partial charge on any atom is -0.493 e. The van der Waals surface area contributed by atoms with Crippen LogP contribution in [-0.2, 0) is 4.74 Å². The van der Waals surface area contributed by atoms with Crippen LogP contribution in [-0.4, -0.2) is 6.61 Å². The van der Waals surface area contributed by atoms with Crippen LogP contribution >= 0.6 is 0 Å². The Kier molecular flexibility index (Phi) is 6.03. The molecule has 0 aromatic heterocycles. The van der Waals surface area contributed by atoms with E-state index in [2.05, 4.69) is 20.4 Å². The molecule has 1 aliphatic heterocycles. The summed E-state index contributed by atoms with van der Waals surface area (Å²) < 4.78 is 5.33. The second-order valence-electron chi connectivity index (χ2n) is 2.98. The molecule has 0 radical (unpaired) electrons. The van der Waals surface area contributed by atoms with E-state index in [-0.39, 0.29) is 0 Å². The van der Waals surface area contributed by atoms with E-state index >= 15 is 0 Å². The largest absolute Gasteiger partial charge is 0.493 e. The smallest absolute Gasteiger partial charge is 0.122 e. The molecule has 0 unspecified atom stereocenters. The second-order valence-corrected chi connectivity index (χ2v) is 2.98. The highest BCUT2D eigenvalue weighted by Crippen LogP contribution is 2.21. The summed E-state index contributed by atoms with van der Waals surface area (Å²) in [5.74, 6) is 0.950. The fourth-order valence-electron chi connectivity index (χ4n) is 0.918. The molecule has 0 amide bonds. The fourth-order valence-corrected chi connectivity index (χ4v) is 0.918. The first-order valence-electron chi connectivity index (χ1n) is 4.86. The van der Waals surface area contributed by atoms with E-state index in [0.29, 0.717) is 0 Å². The van der Waals surface area contributed by atoms with Crippen molar-refractivity contribution in [3.8, 4) is 0 Å². The molecule has 0 aromatic rings. The van der Waals surface area contributed by atoms with E-state index < -0.39 is 0 Å². The van der Waals surface area contributed by atoms with Crippen LogP contribution in [0.25, 0.3) is 0 Å². The molecular formula is C12H20O. The maximum absolute atomic E-state index is 5.33. The zero-order chi connectivity index (χ0) is 10.3. The Morgan fingerprint density at radius 3 is 2.38 bits per heavy atom. The van der Waals surface area contributed by atoms with Crippen LogP contribution in [0, 0.1) is 0 Å². The Morgan fingerprint density at radius 2 is 2.00 bits per heavy atom. The third kappa shape index (κ3) is 4.56. The van der Waals surface area contributed by atoms with Gasteiger partial charge < -0.3 is 4.74 Å². The van der Waals surface area contributed by atoms with E-state index in [1.807, 2.05) is 26.0 Å². The van der Waals surface area contributed by atoms with Gasteiger partial charge in [-0.3, -0.25) is 0 Å². The summed E-state index contributed by atoms with van der Waals surface area (Å²) in [6, 6.07) is 0. The van der Waals surface area contributed by atoms with Crippen LogP contribution in [0.5, 0.6) is 0 Å². The Labute approximate surface area is 81.8 Å².